The van der Waals surface area contributed by atoms with Crippen molar-refractivity contribution in [3.05, 3.63) is 89.6 Å². The quantitative estimate of drug-likeness (QED) is 0.611. The molecule has 148 valence electrons. The molecule has 1 aromatic heterocycles. The molecule has 0 aliphatic rings. The Balaban J connectivity index is 1.80. The van der Waals surface area contributed by atoms with E-state index in [-0.39, 0.29) is 5.91 Å². The van der Waals surface area contributed by atoms with Gasteiger partial charge in [0, 0.05) is 24.8 Å². The van der Waals surface area contributed by atoms with Crippen LogP contribution < -0.4 is 5.32 Å². The van der Waals surface area contributed by atoms with Crippen LogP contribution in [0.4, 0.5) is 11.5 Å². The summed E-state index contributed by atoms with van der Waals surface area (Å²) in [5, 5.41) is 3.11. The van der Waals surface area contributed by atoms with E-state index in [0.29, 0.717) is 35.7 Å². The molecule has 3 aromatic rings. The van der Waals surface area contributed by atoms with Crippen LogP contribution in [0.25, 0.3) is 0 Å². The van der Waals surface area contributed by atoms with Crippen molar-refractivity contribution in [3.8, 4) is 0 Å². The second kappa shape index (κ2) is 9.50. The molecule has 1 amide bonds. The van der Waals surface area contributed by atoms with Gasteiger partial charge in [-0.05, 0) is 36.8 Å². The molecule has 0 atom stereocenters. The van der Waals surface area contributed by atoms with Crippen molar-refractivity contribution in [2.75, 3.05) is 19.0 Å². The summed E-state index contributed by atoms with van der Waals surface area (Å²) >= 11 is 0. The maximum atomic E-state index is 13.0. The second-order valence-electron chi connectivity index (χ2n) is 6.40. The highest BCUT2D eigenvalue weighted by molar-refractivity contribution is 5.97. The zero-order valence-corrected chi connectivity index (χ0v) is 16.5. The Morgan fingerprint density at radius 1 is 1.03 bits per heavy atom. The van der Waals surface area contributed by atoms with Gasteiger partial charge in [-0.3, -0.25) is 4.79 Å². The van der Waals surface area contributed by atoms with Gasteiger partial charge in [-0.2, -0.15) is 0 Å². The fraction of sp³-hybridized carbons (Fsp3) is 0.174. The molecule has 29 heavy (non-hydrogen) atoms. The second-order valence-corrected chi connectivity index (χ2v) is 6.40. The summed E-state index contributed by atoms with van der Waals surface area (Å²) in [5.41, 5.74) is 2.55. The molecule has 3 rings (SSSR count). The van der Waals surface area contributed by atoms with Gasteiger partial charge in [0.25, 0.3) is 5.91 Å². The van der Waals surface area contributed by atoms with E-state index in [9.17, 15) is 9.59 Å². The molecular formula is C23H23N3O3. The normalized spacial score (nSPS) is 10.3. The Hall–Kier alpha value is -3.67. The first-order valence-electron chi connectivity index (χ1n) is 9.36. The molecule has 0 radical (unpaired) electrons. The van der Waals surface area contributed by atoms with Gasteiger partial charge in [0.2, 0.25) is 0 Å². The molecule has 6 nitrogen and oxygen atoms in total. The third kappa shape index (κ3) is 4.99. The number of benzene rings is 2. The van der Waals surface area contributed by atoms with Gasteiger partial charge in [0.15, 0.2) is 0 Å². The number of ether oxygens (including phenoxy) is 1. The van der Waals surface area contributed by atoms with Crippen LogP contribution in [0.2, 0.25) is 0 Å². The Labute approximate surface area is 170 Å². The van der Waals surface area contributed by atoms with Gasteiger partial charge >= 0.3 is 5.97 Å². The number of anilines is 2. The molecular weight excluding hydrogens is 366 g/mol. The van der Waals surface area contributed by atoms with Crippen LogP contribution in [0.15, 0.2) is 72.9 Å². The van der Waals surface area contributed by atoms with Gasteiger partial charge in [-0.1, -0.05) is 42.5 Å². The summed E-state index contributed by atoms with van der Waals surface area (Å²) in [4.78, 5) is 31.0. The summed E-state index contributed by atoms with van der Waals surface area (Å²) in [6.45, 7) is 3.07. The summed E-state index contributed by atoms with van der Waals surface area (Å²) in [7, 11) is 1.34. The number of hydrogen-bond donors (Lipinski definition) is 1. The number of rotatable bonds is 7. The molecule has 2 aromatic carbocycles. The van der Waals surface area contributed by atoms with E-state index < -0.39 is 5.97 Å². The minimum absolute atomic E-state index is 0.0805. The number of esters is 1. The minimum Gasteiger partial charge on any atom is -0.465 e. The highest BCUT2D eigenvalue weighted by Gasteiger charge is 2.16. The van der Waals surface area contributed by atoms with Crippen molar-refractivity contribution in [1.82, 2.24) is 9.88 Å². The average Bonchev–Trinajstić information content (AvgIpc) is 2.77. The third-order valence-electron chi connectivity index (χ3n) is 4.49. The summed E-state index contributed by atoms with van der Waals surface area (Å²) in [5.74, 6) is -0.0497. The molecule has 0 spiro atoms. The van der Waals surface area contributed by atoms with Crippen LogP contribution in [-0.2, 0) is 11.3 Å². The number of nitrogens with zero attached hydrogens (tertiary/aromatic N) is 2. The van der Waals surface area contributed by atoms with E-state index in [1.807, 2.05) is 43.3 Å². The topological polar surface area (TPSA) is 71.5 Å². The van der Waals surface area contributed by atoms with Crippen molar-refractivity contribution in [2.45, 2.75) is 13.5 Å². The van der Waals surface area contributed by atoms with E-state index in [1.165, 1.54) is 7.11 Å². The van der Waals surface area contributed by atoms with Crippen LogP contribution in [0.5, 0.6) is 0 Å². The number of aromatic nitrogens is 1. The minimum atomic E-state index is -0.444. The summed E-state index contributed by atoms with van der Waals surface area (Å²) in [6.07, 6.45) is 1.58. The van der Waals surface area contributed by atoms with Crippen LogP contribution in [0, 0.1) is 0 Å². The lowest BCUT2D eigenvalue weighted by Gasteiger charge is -2.21. The number of hydrogen-bond acceptors (Lipinski definition) is 5. The molecule has 0 saturated carbocycles. The van der Waals surface area contributed by atoms with E-state index in [0.717, 1.165) is 5.56 Å². The summed E-state index contributed by atoms with van der Waals surface area (Å²) < 4.78 is 4.82. The highest BCUT2D eigenvalue weighted by Crippen LogP contribution is 2.21. The lowest BCUT2D eigenvalue weighted by molar-refractivity contribution is 0.0601. The zero-order chi connectivity index (χ0) is 20.6. The SMILES string of the molecule is CCN(Cc1ccccc1)C(=O)c1ccnc(Nc2ccccc2C(=O)OC)c1. The van der Waals surface area contributed by atoms with Gasteiger partial charge in [-0.15, -0.1) is 0 Å². The first-order valence-corrected chi connectivity index (χ1v) is 9.36. The van der Waals surface area contributed by atoms with Crippen LogP contribution >= 0.6 is 0 Å². The van der Waals surface area contributed by atoms with E-state index in [2.05, 4.69) is 10.3 Å². The Morgan fingerprint density at radius 3 is 2.48 bits per heavy atom. The number of para-hydroxylation sites is 1. The van der Waals surface area contributed by atoms with E-state index >= 15 is 0 Å². The Morgan fingerprint density at radius 2 is 1.76 bits per heavy atom. The van der Waals surface area contributed by atoms with Gasteiger partial charge in [0.1, 0.15) is 5.82 Å². The number of carbonyl (C=O) groups is 2. The van der Waals surface area contributed by atoms with Crippen molar-refractivity contribution in [3.63, 3.8) is 0 Å². The molecule has 0 aliphatic carbocycles. The number of carbonyl (C=O) groups excluding carboxylic acids is 2. The zero-order valence-electron chi connectivity index (χ0n) is 16.5. The van der Waals surface area contributed by atoms with Crippen LogP contribution in [-0.4, -0.2) is 35.4 Å². The van der Waals surface area contributed by atoms with Crippen molar-refractivity contribution in [1.29, 1.82) is 0 Å². The maximum absolute atomic E-state index is 13.0. The highest BCUT2D eigenvalue weighted by atomic mass is 16.5. The van der Waals surface area contributed by atoms with Crippen LogP contribution in [0.3, 0.4) is 0 Å². The van der Waals surface area contributed by atoms with Gasteiger partial charge in [-0.25, -0.2) is 9.78 Å². The molecule has 0 bridgehead atoms. The number of methoxy groups -OCH3 is 1. The molecule has 0 fully saturated rings. The molecule has 1 N–H and O–H groups in total. The first-order chi connectivity index (χ1) is 14.1. The number of pyridine rings is 1. The summed E-state index contributed by atoms with van der Waals surface area (Å²) in [6, 6.07) is 20.2. The van der Waals surface area contributed by atoms with Gasteiger partial charge in [0.05, 0.1) is 18.4 Å². The fourth-order valence-corrected chi connectivity index (χ4v) is 2.96. The van der Waals surface area contributed by atoms with E-state index in [4.69, 9.17) is 4.74 Å². The number of amides is 1. The third-order valence-corrected chi connectivity index (χ3v) is 4.49. The predicted molar refractivity (Wildman–Crippen MR) is 112 cm³/mol. The van der Waals surface area contributed by atoms with Crippen LogP contribution in [0.1, 0.15) is 33.2 Å². The smallest absolute Gasteiger partial charge is 0.339 e. The lowest BCUT2D eigenvalue weighted by atomic mass is 10.1. The molecule has 1 heterocycles. The fourth-order valence-electron chi connectivity index (χ4n) is 2.96. The molecule has 6 heteroatoms. The predicted octanol–water partition coefficient (Wildman–Crippen LogP) is 4.27. The first kappa shape index (κ1) is 20.1. The monoisotopic (exact) mass is 389 g/mol. The number of nitrogens with one attached hydrogen (secondary N) is 1. The molecule has 0 saturated heterocycles. The average molecular weight is 389 g/mol. The van der Waals surface area contributed by atoms with Crippen molar-refractivity contribution < 1.29 is 14.3 Å². The lowest BCUT2D eigenvalue weighted by Crippen LogP contribution is -2.30. The molecule has 0 aliphatic heterocycles. The maximum Gasteiger partial charge on any atom is 0.339 e. The largest absolute Gasteiger partial charge is 0.465 e. The van der Waals surface area contributed by atoms with Crippen molar-refractivity contribution in [2.24, 2.45) is 0 Å². The van der Waals surface area contributed by atoms with Crippen molar-refractivity contribution >= 4 is 23.4 Å². The van der Waals surface area contributed by atoms with Gasteiger partial charge < -0.3 is 15.0 Å². The Bertz CT molecular complexity index is 989. The standard InChI is InChI=1S/C23H23N3O3/c1-3-26(16-17-9-5-4-6-10-17)22(27)18-13-14-24-21(15-18)25-20-12-8-7-11-19(20)23(28)29-2/h4-15H,3,16H2,1-2H3,(H,24,25). The van der Waals surface area contributed by atoms with E-state index in [1.54, 1.807) is 41.4 Å². The Kier molecular flexibility index (Phi) is 6.58. The molecule has 0 unspecified atom stereocenters.